The van der Waals surface area contributed by atoms with Crippen LogP contribution in [0.15, 0.2) is 47.4 Å². The highest BCUT2D eigenvalue weighted by molar-refractivity contribution is 7.89. The number of fused-ring (bicyclic) bond motifs is 1. The van der Waals surface area contributed by atoms with E-state index in [0.29, 0.717) is 30.3 Å². The van der Waals surface area contributed by atoms with Crippen molar-refractivity contribution in [2.24, 2.45) is 0 Å². The van der Waals surface area contributed by atoms with Crippen LogP contribution in [0.5, 0.6) is 11.5 Å². The first-order valence-corrected chi connectivity index (χ1v) is 8.67. The van der Waals surface area contributed by atoms with Crippen molar-refractivity contribution in [3.63, 3.8) is 0 Å². The van der Waals surface area contributed by atoms with Crippen LogP contribution in [0.4, 0.5) is 4.39 Å². The van der Waals surface area contributed by atoms with Crippen LogP contribution in [-0.4, -0.2) is 21.6 Å². The smallest absolute Gasteiger partial charge is 0.241 e. The normalized spacial score (nSPS) is 14.3. The molecule has 1 aliphatic heterocycles. The first-order chi connectivity index (χ1) is 11.0. The first kappa shape index (κ1) is 15.8. The van der Waals surface area contributed by atoms with E-state index in [-0.39, 0.29) is 11.4 Å². The SMILES string of the molecule is O=S(=O)(NCc1cccc(F)c1)c1ccc2c(c1)OCCCO2. The van der Waals surface area contributed by atoms with E-state index in [9.17, 15) is 12.8 Å². The van der Waals surface area contributed by atoms with Crippen molar-refractivity contribution >= 4 is 10.0 Å². The van der Waals surface area contributed by atoms with Crippen molar-refractivity contribution in [3.8, 4) is 11.5 Å². The lowest BCUT2D eigenvalue weighted by Crippen LogP contribution is -2.23. The molecule has 0 unspecified atom stereocenters. The van der Waals surface area contributed by atoms with Crippen molar-refractivity contribution in [2.45, 2.75) is 17.9 Å². The van der Waals surface area contributed by atoms with Crippen molar-refractivity contribution < 1.29 is 22.3 Å². The molecule has 1 aliphatic rings. The van der Waals surface area contributed by atoms with Gasteiger partial charge in [0.15, 0.2) is 11.5 Å². The van der Waals surface area contributed by atoms with Gasteiger partial charge in [-0.2, -0.15) is 0 Å². The van der Waals surface area contributed by atoms with Gasteiger partial charge in [0.25, 0.3) is 0 Å². The summed E-state index contributed by atoms with van der Waals surface area (Å²) in [6, 6.07) is 10.3. The average molecular weight is 337 g/mol. The molecule has 0 radical (unpaired) electrons. The number of benzene rings is 2. The van der Waals surface area contributed by atoms with Crippen molar-refractivity contribution in [1.29, 1.82) is 0 Å². The Morgan fingerprint density at radius 2 is 1.83 bits per heavy atom. The van der Waals surface area contributed by atoms with Crippen molar-refractivity contribution in [2.75, 3.05) is 13.2 Å². The van der Waals surface area contributed by atoms with Crippen LogP contribution in [0.3, 0.4) is 0 Å². The van der Waals surface area contributed by atoms with Crippen LogP contribution in [-0.2, 0) is 16.6 Å². The maximum absolute atomic E-state index is 13.1. The summed E-state index contributed by atoms with van der Waals surface area (Å²) in [6.07, 6.45) is 0.745. The minimum absolute atomic E-state index is 0.00847. The predicted octanol–water partition coefficient (Wildman–Crippen LogP) is 2.47. The molecule has 2 aromatic carbocycles. The van der Waals surface area contributed by atoms with Crippen LogP contribution in [0, 0.1) is 5.82 Å². The molecule has 7 heteroatoms. The molecule has 5 nitrogen and oxygen atoms in total. The molecule has 0 bridgehead atoms. The van der Waals surface area contributed by atoms with Gasteiger partial charge < -0.3 is 9.47 Å². The fourth-order valence-electron chi connectivity index (χ4n) is 2.22. The van der Waals surface area contributed by atoms with E-state index in [1.54, 1.807) is 12.1 Å². The quantitative estimate of drug-likeness (QED) is 0.931. The van der Waals surface area contributed by atoms with E-state index in [4.69, 9.17) is 9.47 Å². The molecule has 0 spiro atoms. The number of hydrogen-bond donors (Lipinski definition) is 1. The molecule has 2 aromatic rings. The zero-order chi connectivity index (χ0) is 16.3. The summed E-state index contributed by atoms with van der Waals surface area (Å²) in [5.41, 5.74) is 0.544. The molecule has 3 rings (SSSR count). The van der Waals surface area contributed by atoms with E-state index in [0.717, 1.165) is 6.42 Å². The molecule has 0 amide bonds. The van der Waals surface area contributed by atoms with Gasteiger partial charge in [-0.1, -0.05) is 12.1 Å². The van der Waals surface area contributed by atoms with E-state index in [1.807, 2.05) is 0 Å². The Balaban J connectivity index is 1.78. The molecular formula is C16H16FNO4S. The van der Waals surface area contributed by atoms with E-state index >= 15 is 0 Å². The summed E-state index contributed by atoms with van der Waals surface area (Å²) in [5, 5.41) is 0. The Morgan fingerprint density at radius 3 is 2.61 bits per heavy atom. The predicted molar refractivity (Wildman–Crippen MR) is 82.5 cm³/mol. The summed E-state index contributed by atoms with van der Waals surface area (Å²) < 4.78 is 51.3. The Kier molecular flexibility index (Phi) is 4.49. The van der Waals surface area contributed by atoms with Gasteiger partial charge in [-0.25, -0.2) is 17.5 Å². The second-order valence-corrected chi connectivity index (χ2v) is 6.88. The lowest BCUT2D eigenvalue weighted by atomic mass is 10.2. The molecule has 0 saturated heterocycles. The standard InChI is InChI=1S/C16H16FNO4S/c17-13-4-1-3-12(9-13)11-18-23(19,20)14-5-6-15-16(10-14)22-8-2-7-21-15/h1,3-6,9-10,18H,2,7-8,11H2. The fourth-order valence-corrected chi connectivity index (χ4v) is 3.25. The third-order valence-electron chi connectivity index (χ3n) is 3.38. The molecule has 0 saturated carbocycles. The van der Waals surface area contributed by atoms with Crippen molar-refractivity contribution in [1.82, 2.24) is 4.72 Å². The minimum atomic E-state index is -3.72. The van der Waals surface area contributed by atoms with Gasteiger partial charge in [0.1, 0.15) is 5.82 Å². The second kappa shape index (κ2) is 6.55. The Morgan fingerprint density at radius 1 is 1.04 bits per heavy atom. The van der Waals surface area contributed by atoms with Gasteiger partial charge in [0, 0.05) is 19.0 Å². The third kappa shape index (κ3) is 3.80. The molecule has 0 fully saturated rings. The van der Waals surface area contributed by atoms with Gasteiger partial charge >= 0.3 is 0 Å². The minimum Gasteiger partial charge on any atom is -0.490 e. The second-order valence-electron chi connectivity index (χ2n) is 5.11. The highest BCUT2D eigenvalue weighted by Crippen LogP contribution is 2.31. The third-order valence-corrected chi connectivity index (χ3v) is 4.78. The maximum Gasteiger partial charge on any atom is 0.241 e. The zero-order valence-corrected chi connectivity index (χ0v) is 13.1. The summed E-state index contributed by atoms with van der Waals surface area (Å²) in [7, 11) is -3.72. The van der Waals surface area contributed by atoms with Gasteiger partial charge in [-0.15, -0.1) is 0 Å². The lowest BCUT2D eigenvalue weighted by molar-refractivity contribution is 0.297. The number of nitrogens with one attached hydrogen (secondary N) is 1. The number of sulfonamides is 1. The molecular weight excluding hydrogens is 321 g/mol. The molecule has 0 atom stereocenters. The monoisotopic (exact) mass is 337 g/mol. The van der Waals surface area contributed by atoms with Gasteiger partial charge in [0.2, 0.25) is 10.0 Å². The molecule has 0 aliphatic carbocycles. The summed E-state index contributed by atoms with van der Waals surface area (Å²) >= 11 is 0. The number of rotatable bonds is 4. The van der Waals surface area contributed by atoms with E-state index in [1.165, 1.54) is 30.3 Å². The Bertz CT molecular complexity index is 807. The van der Waals surface area contributed by atoms with Crippen LogP contribution < -0.4 is 14.2 Å². The van der Waals surface area contributed by atoms with E-state index in [2.05, 4.69) is 4.72 Å². The molecule has 122 valence electrons. The van der Waals surface area contributed by atoms with Crippen molar-refractivity contribution in [3.05, 3.63) is 53.8 Å². The maximum atomic E-state index is 13.1. The van der Waals surface area contributed by atoms with Gasteiger partial charge in [-0.05, 0) is 29.8 Å². The zero-order valence-electron chi connectivity index (χ0n) is 12.3. The Labute approximate surface area is 134 Å². The molecule has 1 N–H and O–H groups in total. The number of halogens is 1. The van der Waals surface area contributed by atoms with E-state index < -0.39 is 15.8 Å². The summed E-state index contributed by atoms with van der Waals surface area (Å²) in [5.74, 6) is 0.542. The van der Waals surface area contributed by atoms with Crippen LogP contribution in [0.2, 0.25) is 0 Å². The largest absolute Gasteiger partial charge is 0.490 e. The topological polar surface area (TPSA) is 64.6 Å². The molecule has 0 aromatic heterocycles. The van der Waals surface area contributed by atoms with Crippen LogP contribution >= 0.6 is 0 Å². The van der Waals surface area contributed by atoms with Gasteiger partial charge in [-0.3, -0.25) is 0 Å². The van der Waals surface area contributed by atoms with Crippen LogP contribution in [0.25, 0.3) is 0 Å². The highest BCUT2D eigenvalue weighted by atomic mass is 32.2. The first-order valence-electron chi connectivity index (χ1n) is 7.18. The average Bonchev–Trinajstić information content (AvgIpc) is 2.78. The van der Waals surface area contributed by atoms with Crippen LogP contribution in [0.1, 0.15) is 12.0 Å². The number of ether oxygens (including phenoxy) is 2. The van der Waals surface area contributed by atoms with Gasteiger partial charge in [0.05, 0.1) is 18.1 Å². The summed E-state index contributed by atoms with van der Waals surface area (Å²) in [4.78, 5) is 0.0816. The molecule has 23 heavy (non-hydrogen) atoms. The fraction of sp³-hybridized carbons (Fsp3) is 0.250. The highest BCUT2D eigenvalue weighted by Gasteiger charge is 2.18. The molecule has 1 heterocycles. The summed E-state index contributed by atoms with van der Waals surface area (Å²) in [6.45, 7) is 1.03. The Hall–Kier alpha value is -2.12. The lowest BCUT2D eigenvalue weighted by Gasteiger charge is -2.11. The number of hydrogen-bond acceptors (Lipinski definition) is 4.